The Morgan fingerprint density at radius 2 is 1.70 bits per heavy atom. The first-order valence-corrected chi connectivity index (χ1v) is 10.7. The quantitative estimate of drug-likeness (QED) is 0.700. The molecular formula is C20H26N2O4S. The van der Waals surface area contributed by atoms with Crippen LogP contribution < -0.4 is 9.50 Å². The molecule has 7 heteroatoms. The van der Waals surface area contributed by atoms with Crippen molar-refractivity contribution in [3.8, 4) is 5.75 Å². The van der Waals surface area contributed by atoms with Crippen molar-refractivity contribution in [2.75, 3.05) is 6.26 Å². The van der Waals surface area contributed by atoms with E-state index in [1.54, 1.807) is 29.2 Å². The lowest BCUT2D eigenvalue weighted by atomic mass is 10.1. The summed E-state index contributed by atoms with van der Waals surface area (Å²) in [5.74, 6) is 0.255. The molecule has 0 radical (unpaired) electrons. The Labute approximate surface area is 161 Å². The van der Waals surface area contributed by atoms with E-state index in [1.165, 1.54) is 0 Å². The number of nitrogens with zero attached hydrogens (tertiary/aromatic N) is 1. The number of carbonyl (C=O) groups excluding carboxylic acids is 1. The molecule has 6 nitrogen and oxygen atoms in total. The Morgan fingerprint density at radius 1 is 1.07 bits per heavy atom. The highest BCUT2D eigenvalue weighted by Crippen LogP contribution is 2.17. The summed E-state index contributed by atoms with van der Waals surface area (Å²) >= 11 is 0. The van der Waals surface area contributed by atoms with Gasteiger partial charge >= 0.3 is 16.1 Å². The van der Waals surface area contributed by atoms with Gasteiger partial charge in [-0.15, -0.1) is 0 Å². The maximum absolute atomic E-state index is 12.7. The molecule has 0 saturated carbocycles. The van der Waals surface area contributed by atoms with Crippen molar-refractivity contribution in [2.24, 2.45) is 0 Å². The summed E-state index contributed by atoms with van der Waals surface area (Å²) < 4.78 is 27.2. The van der Waals surface area contributed by atoms with E-state index in [-0.39, 0.29) is 17.8 Å². The van der Waals surface area contributed by atoms with Crippen molar-refractivity contribution in [3.63, 3.8) is 0 Å². The Morgan fingerprint density at radius 3 is 2.26 bits per heavy atom. The highest BCUT2D eigenvalue weighted by Gasteiger charge is 2.19. The number of urea groups is 1. The molecule has 0 aliphatic carbocycles. The van der Waals surface area contributed by atoms with Gasteiger partial charge in [0.25, 0.3) is 0 Å². The third-order valence-corrected chi connectivity index (χ3v) is 4.69. The Bertz CT molecular complexity index is 836. The van der Waals surface area contributed by atoms with Gasteiger partial charge in [-0.05, 0) is 36.6 Å². The monoisotopic (exact) mass is 390 g/mol. The second kappa shape index (κ2) is 9.41. The molecule has 1 atom stereocenters. The van der Waals surface area contributed by atoms with Crippen LogP contribution in [0.3, 0.4) is 0 Å². The molecule has 0 bridgehead atoms. The molecule has 2 aromatic rings. The predicted molar refractivity (Wildman–Crippen MR) is 106 cm³/mol. The summed E-state index contributed by atoms with van der Waals surface area (Å²) in [6.45, 7) is 4.93. The molecule has 0 saturated heterocycles. The number of nitrogens with one attached hydrogen (secondary N) is 1. The minimum atomic E-state index is -3.55. The highest BCUT2D eigenvalue weighted by atomic mass is 32.2. The second-order valence-electron chi connectivity index (χ2n) is 6.46. The molecule has 0 aliphatic rings. The summed E-state index contributed by atoms with van der Waals surface area (Å²) in [6.07, 6.45) is 1.83. The molecule has 27 heavy (non-hydrogen) atoms. The van der Waals surface area contributed by atoms with Gasteiger partial charge in [0, 0.05) is 19.1 Å². The van der Waals surface area contributed by atoms with E-state index in [0.717, 1.165) is 23.8 Å². The van der Waals surface area contributed by atoms with Gasteiger partial charge in [-0.25, -0.2) is 4.79 Å². The van der Waals surface area contributed by atoms with E-state index in [0.29, 0.717) is 13.1 Å². The maximum atomic E-state index is 12.7. The number of rotatable bonds is 8. The maximum Gasteiger partial charge on any atom is 0.318 e. The van der Waals surface area contributed by atoms with Gasteiger partial charge in [-0.3, -0.25) is 0 Å². The van der Waals surface area contributed by atoms with E-state index >= 15 is 0 Å². The van der Waals surface area contributed by atoms with Gasteiger partial charge in [0.15, 0.2) is 0 Å². The fraction of sp³-hybridized carbons (Fsp3) is 0.350. The van der Waals surface area contributed by atoms with Crippen molar-refractivity contribution in [2.45, 2.75) is 39.4 Å². The topological polar surface area (TPSA) is 75.7 Å². The van der Waals surface area contributed by atoms with Gasteiger partial charge in [-0.2, -0.15) is 8.42 Å². The van der Waals surface area contributed by atoms with Crippen LogP contribution in [-0.2, 0) is 23.2 Å². The fourth-order valence-corrected chi connectivity index (χ4v) is 3.01. The number of hydrogen-bond donors (Lipinski definition) is 1. The van der Waals surface area contributed by atoms with E-state index < -0.39 is 10.1 Å². The zero-order chi connectivity index (χ0) is 19.9. The average molecular weight is 391 g/mol. The number of amides is 2. The zero-order valence-corrected chi connectivity index (χ0v) is 16.7. The molecule has 0 unspecified atom stereocenters. The van der Waals surface area contributed by atoms with Crippen molar-refractivity contribution in [3.05, 3.63) is 65.7 Å². The molecule has 0 spiro atoms. The smallest absolute Gasteiger partial charge is 0.318 e. The van der Waals surface area contributed by atoms with Crippen LogP contribution in [0.1, 0.15) is 31.4 Å². The molecule has 0 fully saturated rings. The Kier molecular flexibility index (Phi) is 7.24. The van der Waals surface area contributed by atoms with Gasteiger partial charge in [0.05, 0.1) is 6.26 Å². The van der Waals surface area contributed by atoms with Crippen molar-refractivity contribution < 1.29 is 17.4 Å². The van der Waals surface area contributed by atoms with Crippen LogP contribution in [0.4, 0.5) is 4.79 Å². The summed E-state index contributed by atoms with van der Waals surface area (Å²) in [4.78, 5) is 14.5. The Hall–Kier alpha value is -2.54. The molecular weight excluding hydrogens is 364 g/mol. The highest BCUT2D eigenvalue weighted by molar-refractivity contribution is 7.86. The molecule has 2 amide bonds. The van der Waals surface area contributed by atoms with Crippen molar-refractivity contribution in [1.82, 2.24) is 10.2 Å². The molecule has 0 heterocycles. The average Bonchev–Trinajstić information content (AvgIpc) is 2.64. The third kappa shape index (κ3) is 6.94. The van der Waals surface area contributed by atoms with Crippen LogP contribution in [0.2, 0.25) is 0 Å². The lowest BCUT2D eigenvalue weighted by molar-refractivity contribution is 0.173. The second-order valence-corrected chi connectivity index (χ2v) is 8.04. The summed E-state index contributed by atoms with van der Waals surface area (Å²) in [5, 5.41) is 2.96. The number of carbonyl (C=O) groups is 1. The molecule has 2 aromatic carbocycles. The van der Waals surface area contributed by atoms with E-state index in [4.69, 9.17) is 4.18 Å². The number of benzene rings is 2. The zero-order valence-electron chi connectivity index (χ0n) is 15.9. The predicted octanol–water partition coefficient (Wildman–Crippen LogP) is 3.54. The Balaban J connectivity index is 2.04. The lowest BCUT2D eigenvalue weighted by Gasteiger charge is -2.29. The van der Waals surface area contributed by atoms with Crippen molar-refractivity contribution >= 4 is 16.1 Å². The van der Waals surface area contributed by atoms with E-state index in [9.17, 15) is 13.2 Å². The van der Waals surface area contributed by atoms with Crippen LogP contribution in [-0.4, -0.2) is 31.6 Å². The van der Waals surface area contributed by atoms with Gasteiger partial charge < -0.3 is 14.4 Å². The SMILES string of the molecule is CC[C@@H](C)N(Cc1ccc(OS(C)(=O)=O)cc1)C(=O)NCc1ccccc1. The van der Waals surface area contributed by atoms with Gasteiger partial charge in [0.2, 0.25) is 0 Å². The summed E-state index contributed by atoms with van der Waals surface area (Å²) in [7, 11) is -3.55. The van der Waals surface area contributed by atoms with Crippen LogP contribution >= 0.6 is 0 Å². The van der Waals surface area contributed by atoms with Gasteiger partial charge in [-0.1, -0.05) is 49.4 Å². The van der Waals surface area contributed by atoms with Gasteiger partial charge in [0.1, 0.15) is 5.75 Å². The molecule has 0 aliphatic heterocycles. The van der Waals surface area contributed by atoms with Crippen molar-refractivity contribution in [1.29, 1.82) is 0 Å². The van der Waals surface area contributed by atoms with E-state index in [2.05, 4.69) is 5.32 Å². The minimum absolute atomic E-state index is 0.0627. The van der Waals surface area contributed by atoms with Crippen LogP contribution in [0.5, 0.6) is 5.75 Å². The molecule has 0 aromatic heterocycles. The first kappa shape index (κ1) is 20.8. The number of hydrogen-bond acceptors (Lipinski definition) is 4. The molecule has 146 valence electrons. The minimum Gasteiger partial charge on any atom is -0.383 e. The molecule has 1 N–H and O–H groups in total. The largest absolute Gasteiger partial charge is 0.383 e. The first-order chi connectivity index (χ1) is 12.8. The standard InChI is InChI=1S/C20H26N2O4S/c1-4-16(2)22(20(23)21-14-17-8-6-5-7-9-17)15-18-10-12-19(13-11-18)26-27(3,24)25/h5-13,16H,4,14-15H2,1-3H3,(H,21,23)/t16-/m1/s1. The normalized spacial score (nSPS) is 12.3. The molecule has 2 rings (SSSR count). The van der Waals surface area contributed by atoms with Crippen LogP contribution in [0.25, 0.3) is 0 Å². The lowest BCUT2D eigenvalue weighted by Crippen LogP contribution is -2.44. The fourth-order valence-electron chi connectivity index (χ4n) is 2.55. The van der Waals surface area contributed by atoms with Crippen LogP contribution in [0, 0.1) is 0 Å². The first-order valence-electron chi connectivity index (χ1n) is 8.85. The third-order valence-electron chi connectivity index (χ3n) is 4.19. The summed E-state index contributed by atoms with van der Waals surface area (Å²) in [5.41, 5.74) is 1.93. The summed E-state index contributed by atoms with van der Waals surface area (Å²) in [6, 6.07) is 16.4. The van der Waals surface area contributed by atoms with Crippen LogP contribution in [0.15, 0.2) is 54.6 Å². The van der Waals surface area contributed by atoms with E-state index in [1.807, 2.05) is 44.2 Å².